The van der Waals surface area contributed by atoms with E-state index >= 15 is 0 Å². The van der Waals surface area contributed by atoms with Crippen molar-refractivity contribution in [3.8, 4) is 28.7 Å². The molecular formula is C25H26O7. The fourth-order valence-corrected chi connectivity index (χ4v) is 3.71. The van der Waals surface area contributed by atoms with Crippen LogP contribution in [0.2, 0.25) is 0 Å². The Morgan fingerprint density at radius 3 is 1.97 bits per heavy atom. The number of hydrogen-bond acceptors (Lipinski definition) is 7. The van der Waals surface area contributed by atoms with Crippen LogP contribution in [0.4, 0.5) is 0 Å². The summed E-state index contributed by atoms with van der Waals surface area (Å²) in [6.07, 6.45) is -1.60. The molecule has 3 aromatic rings. The van der Waals surface area contributed by atoms with E-state index in [0.717, 1.165) is 5.75 Å². The summed E-state index contributed by atoms with van der Waals surface area (Å²) >= 11 is 0. The highest BCUT2D eigenvalue weighted by Gasteiger charge is 2.31. The Kier molecular flexibility index (Phi) is 6.80. The highest BCUT2D eigenvalue weighted by atomic mass is 16.7. The van der Waals surface area contributed by atoms with Crippen molar-refractivity contribution in [3.05, 3.63) is 77.4 Å². The Bertz CT molecular complexity index is 1030. The molecule has 4 rings (SSSR count). The summed E-state index contributed by atoms with van der Waals surface area (Å²) in [4.78, 5) is 0. The van der Waals surface area contributed by atoms with Crippen LogP contribution in [0.25, 0.3) is 0 Å². The van der Waals surface area contributed by atoms with Crippen molar-refractivity contribution in [2.24, 2.45) is 0 Å². The molecule has 32 heavy (non-hydrogen) atoms. The van der Waals surface area contributed by atoms with Crippen molar-refractivity contribution in [2.45, 2.75) is 12.4 Å². The van der Waals surface area contributed by atoms with E-state index in [1.165, 1.54) is 21.3 Å². The van der Waals surface area contributed by atoms with E-state index < -0.39 is 12.4 Å². The molecule has 1 N–H and O–H groups in total. The number of methoxy groups -OCH3 is 3. The van der Waals surface area contributed by atoms with Gasteiger partial charge < -0.3 is 33.5 Å². The molecule has 1 atom stereocenters. The molecule has 1 aliphatic rings. The van der Waals surface area contributed by atoms with Gasteiger partial charge in [0.2, 0.25) is 5.75 Å². The largest absolute Gasteiger partial charge is 0.492 e. The second-order valence-corrected chi connectivity index (χ2v) is 7.11. The summed E-state index contributed by atoms with van der Waals surface area (Å²) in [6.45, 7) is 0.950. The van der Waals surface area contributed by atoms with Gasteiger partial charge in [-0.2, -0.15) is 0 Å². The average molecular weight is 438 g/mol. The van der Waals surface area contributed by atoms with Crippen LogP contribution in [-0.4, -0.2) is 39.6 Å². The van der Waals surface area contributed by atoms with Crippen LogP contribution in [-0.2, 0) is 9.47 Å². The Balaban J connectivity index is 1.69. The predicted molar refractivity (Wildman–Crippen MR) is 118 cm³/mol. The monoisotopic (exact) mass is 438 g/mol. The van der Waals surface area contributed by atoms with Gasteiger partial charge in [0.25, 0.3) is 0 Å². The summed E-state index contributed by atoms with van der Waals surface area (Å²) in [5.41, 5.74) is 1.80. The Labute approximate surface area is 187 Å². The van der Waals surface area contributed by atoms with Gasteiger partial charge in [0.15, 0.2) is 17.8 Å². The molecule has 1 heterocycles. The lowest BCUT2D eigenvalue weighted by molar-refractivity contribution is -0.0458. The normalized spacial score (nSPS) is 14.8. The van der Waals surface area contributed by atoms with Crippen LogP contribution < -0.4 is 18.9 Å². The van der Waals surface area contributed by atoms with Crippen LogP contribution in [0.3, 0.4) is 0 Å². The Morgan fingerprint density at radius 2 is 1.38 bits per heavy atom. The molecule has 0 aliphatic carbocycles. The van der Waals surface area contributed by atoms with Crippen molar-refractivity contribution in [1.29, 1.82) is 0 Å². The summed E-state index contributed by atoms with van der Waals surface area (Å²) in [6, 6.07) is 18.5. The van der Waals surface area contributed by atoms with Gasteiger partial charge >= 0.3 is 0 Å². The standard InChI is InChI=1S/C25H26O7/c1-27-22-19(15-20(25-30-13-14-31-25)23(28-2)24(22)29-3)21(26)16-9-11-18(12-10-16)32-17-7-5-4-6-8-17/h4-12,15,21,25-26H,13-14H2,1-3H3. The van der Waals surface area contributed by atoms with Crippen LogP contribution in [0.1, 0.15) is 29.1 Å². The smallest absolute Gasteiger partial charge is 0.204 e. The number of para-hydroxylation sites is 1. The van der Waals surface area contributed by atoms with Gasteiger partial charge in [-0.05, 0) is 35.9 Å². The van der Waals surface area contributed by atoms with Crippen molar-refractivity contribution in [3.63, 3.8) is 0 Å². The third-order valence-corrected chi connectivity index (χ3v) is 5.21. The van der Waals surface area contributed by atoms with Crippen molar-refractivity contribution < 1.29 is 33.5 Å². The second-order valence-electron chi connectivity index (χ2n) is 7.11. The summed E-state index contributed by atoms with van der Waals surface area (Å²) < 4.78 is 33.9. The lowest BCUT2D eigenvalue weighted by Crippen LogP contribution is -2.10. The van der Waals surface area contributed by atoms with Gasteiger partial charge in [-0.15, -0.1) is 0 Å². The number of hydrogen-bond donors (Lipinski definition) is 1. The van der Waals surface area contributed by atoms with Gasteiger partial charge in [0, 0.05) is 5.56 Å². The second kappa shape index (κ2) is 9.91. The zero-order chi connectivity index (χ0) is 22.5. The number of benzene rings is 3. The third-order valence-electron chi connectivity index (χ3n) is 5.21. The summed E-state index contributed by atoms with van der Waals surface area (Å²) in [5, 5.41) is 11.2. The molecular weight excluding hydrogens is 412 g/mol. The number of rotatable bonds is 8. The molecule has 0 bridgehead atoms. The molecule has 0 radical (unpaired) electrons. The first-order valence-electron chi connectivity index (χ1n) is 10.2. The van der Waals surface area contributed by atoms with Crippen molar-refractivity contribution in [1.82, 2.24) is 0 Å². The number of aliphatic hydroxyl groups excluding tert-OH is 1. The molecule has 7 nitrogen and oxygen atoms in total. The molecule has 3 aromatic carbocycles. The van der Waals surface area contributed by atoms with Gasteiger partial charge in [-0.3, -0.25) is 0 Å². The summed E-state index contributed by atoms with van der Waals surface area (Å²) in [5.74, 6) is 2.59. The molecule has 7 heteroatoms. The minimum atomic E-state index is -0.990. The molecule has 1 saturated heterocycles. The quantitative estimate of drug-likeness (QED) is 0.549. The van der Waals surface area contributed by atoms with E-state index in [-0.39, 0.29) is 0 Å². The van der Waals surface area contributed by atoms with Gasteiger partial charge in [-0.1, -0.05) is 30.3 Å². The molecule has 0 aromatic heterocycles. The molecule has 168 valence electrons. The highest BCUT2D eigenvalue weighted by molar-refractivity contribution is 5.62. The topological polar surface area (TPSA) is 75.6 Å². The lowest BCUT2D eigenvalue weighted by Gasteiger charge is -2.23. The van der Waals surface area contributed by atoms with E-state index in [1.54, 1.807) is 18.2 Å². The van der Waals surface area contributed by atoms with Crippen molar-refractivity contribution in [2.75, 3.05) is 34.5 Å². The molecule has 1 aliphatic heterocycles. The van der Waals surface area contributed by atoms with Crippen LogP contribution in [0, 0.1) is 0 Å². The zero-order valence-corrected chi connectivity index (χ0v) is 18.2. The van der Waals surface area contributed by atoms with Gasteiger partial charge in [0.1, 0.15) is 17.6 Å². The maximum atomic E-state index is 11.2. The van der Waals surface area contributed by atoms with Crippen LogP contribution in [0.15, 0.2) is 60.7 Å². The number of aliphatic hydroxyl groups is 1. The Morgan fingerprint density at radius 1 is 0.781 bits per heavy atom. The minimum Gasteiger partial charge on any atom is -0.492 e. The third kappa shape index (κ3) is 4.36. The first-order valence-corrected chi connectivity index (χ1v) is 10.2. The first-order chi connectivity index (χ1) is 15.7. The van der Waals surface area contributed by atoms with E-state index in [0.29, 0.717) is 52.9 Å². The van der Waals surface area contributed by atoms with E-state index in [2.05, 4.69) is 0 Å². The Hall–Kier alpha value is -3.26. The van der Waals surface area contributed by atoms with E-state index in [9.17, 15) is 5.11 Å². The molecule has 0 amide bonds. The molecule has 1 unspecified atom stereocenters. The predicted octanol–water partition coefficient (Wildman–Crippen LogP) is 4.63. The highest BCUT2D eigenvalue weighted by Crippen LogP contribution is 2.48. The SMILES string of the molecule is COc1c(C2OCCO2)cc(C(O)c2ccc(Oc3ccccc3)cc2)c(OC)c1OC. The maximum absolute atomic E-state index is 11.2. The van der Waals surface area contributed by atoms with Crippen LogP contribution in [0.5, 0.6) is 28.7 Å². The fourth-order valence-electron chi connectivity index (χ4n) is 3.71. The lowest BCUT2D eigenvalue weighted by atomic mass is 9.97. The zero-order valence-electron chi connectivity index (χ0n) is 18.2. The minimum absolute atomic E-state index is 0.365. The van der Waals surface area contributed by atoms with E-state index in [1.807, 2.05) is 42.5 Å². The maximum Gasteiger partial charge on any atom is 0.204 e. The van der Waals surface area contributed by atoms with Gasteiger partial charge in [-0.25, -0.2) is 0 Å². The fraction of sp³-hybridized carbons (Fsp3) is 0.280. The van der Waals surface area contributed by atoms with Gasteiger partial charge in [0.05, 0.1) is 40.1 Å². The van der Waals surface area contributed by atoms with Crippen molar-refractivity contribution >= 4 is 0 Å². The summed E-state index contributed by atoms with van der Waals surface area (Å²) in [7, 11) is 4.58. The van der Waals surface area contributed by atoms with E-state index in [4.69, 9.17) is 28.4 Å². The average Bonchev–Trinajstić information content (AvgIpc) is 3.38. The van der Waals surface area contributed by atoms with Crippen LogP contribution >= 0.6 is 0 Å². The number of ether oxygens (including phenoxy) is 6. The molecule has 1 fully saturated rings. The molecule has 0 saturated carbocycles. The first kappa shape index (κ1) is 22.0. The molecule has 0 spiro atoms.